The Morgan fingerprint density at radius 1 is 1.27 bits per heavy atom. The Morgan fingerprint density at radius 2 is 2.00 bits per heavy atom. The van der Waals surface area contributed by atoms with Crippen LogP contribution in [0.1, 0.15) is 12.1 Å². The molecule has 1 aromatic heterocycles. The van der Waals surface area contributed by atoms with Crippen LogP contribution in [0.4, 0.5) is 4.39 Å². The van der Waals surface area contributed by atoms with E-state index in [-0.39, 0.29) is 34.7 Å². The van der Waals surface area contributed by atoms with Crippen molar-refractivity contribution in [1.82, 2.24) is 8.87 Å². The predicted molar refractivity (Wildman–Crippen MR) is 95.6 cm³/mol. The first-order valence-corrected chi connectivity index (χ1v) is 9.80. The highest BCUT2D eigenvalue weighted by atomic mass is 35.5. The van der Waals surface area contributed by atoms with Crippen molar-refractivity contribution < 1.29 is 17.5 Å². The van der Waals surface area contributed by atoms with E-state index in [0.717, 1.165) is 17.8 Å². The molecule has 1 aliphatic rings. The molecule has 0 radical (unpaired) electrons. The Morgan fingerprint density at radius 3 is 2.65 bits per heavy atom. The first kappa shape index (κ1) is 18.9. The van der Waals surface area contributed by atoms with Crippen molar-refractivity contribution in [3.63, 3.8) is 0 Å². The predicted octanol–water partition coefficient (Wildman–Crippen LogP) is 2.33. The van der Waals surface area contributed by atoms with E-state index < -0.39 is 15.8 Å². The fourth-order valence-corrected chi connectivity index (χ4v) is 4.55. The summed E-state index contributed by atoms with van der Waals surface area (Å²) in [6.07, 6.45) is 0.120. The number of aryl methyl sites for hydroxylation is 1. The summed E-state index contributed by atoms with van der Waals surface area (Å²) < 4.78 is 47.2. The topological polar surface area (TPSA) is 68.6 Å². The summed E-state index contributed by atoms with van der Waals surface area (Å²) in [5.74, 6) is -0.256. The smallest absolute Gasteiger partial charge is 0.254 e. The molecule has 26 heavy (non-hydrogen) atoms. The molecule has 1 unspecified atom stereocenters. The van der Waals surface area contributed by atoms with E-state index in [1.807, 2.05) is 0 Å². The summed E-state index contributed by atoms with van der Waals surface area (Å²) in [7, 11) is -2.12. The lowest BCUT2D eigenvalue weighted by Gasteiger charge is -2.18. The van der Waals surface area contributed by atoms with Crippen LogP contribution >= 0.6 is 11.6 Å². The maximum atomic E-state index is 13.3. The fourth-order valence-electron chi connectivity index (χ4n) is 2.80. The number of hydrogen-bond donors (Lipinski definition) is 0. The van der Waals surface area contributed by atoms with Crippen LogP contribution in [0.15, 0.2) is 40.0 Å². The lowest BCUT2D eigenvalue weighted by molar-refractivity contribution is 0.214. The molecule has 0 amide bonds. The zero-order chi connectivity index (χ0) is 19.1. The van der Waals surface area contributed by atoms with Crippen molar-refractivity contribution in [2.24, 2.45) is 7.05 Å². The number of benzene rings is 1. The van der Waals surface area contributed by atoms with Gasteiger partial charge in [-0.25, -0.2) is 12.8 Å². The number of nitrogens with zero attached hydrogens (tertiary/aromatic N) is 2. The van der Waals surface area contributed by atoms with Gasteiger partial charge >= 0.3 is 0 Å². The van der Waals surface area contributed by atoms with Crippen LogP contribution in [0, 0.1) is 12.7 Å². The summed E-state index contributed by atoms with van der Waals surface area (Å²) in [6, 6.07) is 6.43. The Hall–Kier alpha value is -1.90. The van der Waals surface area contributed by atoms with E-state index in [4.69, 9.17) is 16.3 Å². The molecule has 0 aliphatic carbocycles. The van der Waals surface area contributed by atoms with Crippen molar-refractivity contribution in [1.29, 1.82) is 0 Å². The summed E-state index contributed by atoms with van der Waals surface area (Å²) >= 11 is 5.69. The first-order valence-electron chi connectivity index (χ1n) is 7.98. The van der Waals surface area contributed by atoms with Crippen molar-refractivity contribution >= 4 is 21.6 Å². The number of aromatic nitrogens is 1. The number of hydrogen-bond acceptors (Lipinski definition) is 4. The van der Waals surface area contributed by atoms with E-state index in [2.05, 4.69) is 0 Å². The van der Waals surface area contributed by atoms with E-state index in [9.17, 15) is 17.6 Å². The van der Waals surface area contributed by atoms with Crippen LogP contribution in [-0.4, -0.2) is 36.5 Å². The molecule has 2 heterocycles. The average Bonchev–Trinajstić information content (AvgIpc) is 3.04. The fraction of sp³-hybridized carbons (Fsp3) is 0.353. The molecule has 140 valence electrons. The summed E-state index contributed by atoms with van der Waals surface area (Å²) in [5.41, 5.74) is 0.555. The van der Waals surface area contributed by atoms with Gasteiger partial charge in [0.25, 0.3) is 5.56 Å². The molecule has 1 aliphatic heterocycles. The van der Waals surface area contributed by atoms with Gasteiger partial charge in [0, 0.05) is 25.4 Å². The highest BCUT2D eigenvalue weighted by Crippen LogP contribution is 2.26. The molecule has 2 aromatic rings. The molecule has 0 saturated carbocycles. The second-order valence-corrected chi connectivity index (χ2v) is 8.54. The summed E-state index contributed by atoms with van der Waals surface area (Å²) in [6.45, 7) is 2.20. The molecular formula is C17H18ClFN2O4S. The third-order valence-electron chi connectivity index (χ3n) is 4.42. The zero-order valence-electron chi connectivity index (χ0n) is 14.3. The van der Waals surface area contributed by atoms with Gasteiger partial charge in [-0.2, -0.15) is 4.31 Å². The minimum absolute atomic E-state index is 0.0611. The van der Waals surface area contributed by atoms with Gasteiger partial charge in [0.2, 0.25) is 10.0 Å². The SMILES string of the molecule is Cc1cc(OC2CCN(S(=O)(=O)c3ccc(F)c(Cl)c3)C2)cc(=O)n1C. The molecule has 0 spiro atoms. The maximum absolute atomic E-state index is 13.3. The highest BCUT2D eigenvalue weighted by Gasteiger charge is 2.34. The minimum atomic E-state index is -3.79. The minimum Gasteiger partial charge on any atom is -0.489 e. The molecule has 6 nitrogen and oxygen atoms in total. The van der Waals surface area contributed by atoms with Gasteiger partial charge < -0.3 is 9.30 Å². The lowest BCUT2D eigenvalue weighted by Crippen LogP contribution is -2.31. The van der Waals surface area contributed by atoms with E-state index in [1.165, 1.54) is 21.0 Å². The van der Waals surface area contributed by atoms with Crippen molar-refractivity contribution in [2.45, 2.75) is 24.3 Å². The molecular weight excluding hydrogens is 383 g/mol. The Balaban J connectivity index is 1.75. The van der Waals surface area contributed by atoms with Crippen molar-refractivity contribution in [2.75, 3.05) is 13.1 Å². The number of halogens is 2. The van der Waals surface area contributed by atoms with Gasteiger partial charge in [0.05, 0.1) is 16.5 Å². The van der Waals surface area contributed by atoms with Crippen LogP contribution in [-0.2, 0) is 17.1 Å². The molecule has 0 N–H and O–H groups in total. The highest BCUT2D eigenvalue weighted by molar-refractivity contribution is 7.89. The quantitative estimate of drug-likeness (QED) is 0.789. The van der Waals surface area contributed by atoms with Gasteiger partial charge in [-0.1, -0.05) is 11.6 Å². The van der Waals surface area contributed by atoms with Gasteiger partial charge in [-0.15, -0.1) is 0 Å². The first-order chi connectivity index (χ1) is 12.2. The largest absolute Gasteiger partial charge is 0.489 e. The molecule has 1 saturated heterocycles. The molecule has 1 fully saturated rings. The van der Waals surface area contributed by atoms with Gasteiger partial charge in [-0.05, 0) is 37.6 Å². The standard InChI is InChI=1S/C17H18ClFN2O4S/c1-11-7-13(8-17(22)20(11)2)25-12-5-6-21(10-12)26(23,24)14-3-4-16(19)15(18)9-14/h3-4,7-9,12H,5-6,10H2,1-2H3. The summed E-state index contributed by atoms with van der Waals surface area (Å²) in [4.78, 5) is 11.8. The normalized spacial score (nSPS) is 18.2. The van der Waals surface area contributed by atoms with E-state index >= 15 is 0 Å². The van der Waals surface area contributed by atoms with E-state index in [1.54, 1.807) is 20.0 Å². The van der Waals surface area contributed by atoms with Crippen LogP contribution < -0.4 is 10.3 Å². The number of pyridine rings is 1. The van der Waals surface area contributed by atoms with Crippen molar-refractivity contribution in [3.8, 4) is 5.75 Å². The summed E-state index contributed by atoms with van der Waals surface area (Å²) in [5, 5.41) is -0.242. The van der Waals surface area contributed by atoms with E-state index in [0.29, 0.717) is 12.2 Å². The van der Waals surface area contributed by atoms with Gasteiger partial charge in [0.15, 0.2) is 0 Å². The molecule has 3 rings (SSSR count). The van der Waals surface area contributed by atoms with Crippen molar-refractivity contribution in [3.05, 3.63) is 57.2 Å². The third-order valence-corrected chi connectivity index (χ3v) is 6.57. The van der Waals surface area contributed by atoms with Crippen LogP contribution in [0.5, 0.6) is 5.75 Å². The van der Waals surface area contributed by atoms with Gasteiger partial charge in [0.1, 0.15) is 17.7 Å². The second-order valence-electron chi connectivity index (χ2n) is 6.20. The Bertz CT molecular complexity index is 1010. The molecule has 9 heteroatoms. The average molecular weight is 401 g/mol. The number of rotatable bonds is 4. The third kappa shape index (κ3) is 3.62. The Labute approximate surface area is 155 Å². The van der Waals surface area contributed by atoms with Gasteiger partial charge in [-0.3, -0.25) is 4.79 Å². The van der Waals surface area contributed by atoms with Crippen LogP contribution in [0.25, 0.3) is 0 Å². The Kier molecular flexibility index (Phi) is 5.09. The monoisotopic (exact) mass is 400 g/mol. The van der Waals surface area contributed by atoms with Crippen LogP contribution in [0.3, 0.4) is 0 Å². The number of sulfonamides is 1. The lowest BCUT2D eigenvalue weighted by atomic mass is 10.3. The zero-order valence-corrected chi connectivity index (χ0v) is 15.8. The molecule has 0 bridgehead atoms. The van der Waals surface area contributed by atoms with Crippen LogP contribution in [0.2, 0.25) is 5.02 Å². The maximum Gasteiger partial charge on any atom is 0.254 e. The number of ether oxygens (including phenoxy) is 1. The molecule has 1 atom stereocenters. The molecule has 1 aromatic carbocycles. The second kappa shape index (κ2) is 7.02.